The van der Waals surface area contributed by atoms with E-state index in [9.17, 15) is 4.79 Å². The Kier molecular flexibility index (Phi) is 4.99. The first-order valence-electron chi connectivity index (χ1n) is 10.0. The summed E-state index contributed by atoms with van der Waals surface area (Å²) >= 11 is 6.13. The predicted molar refractivity (Wildman–Crippen MR) is 122 cm³/mol. The number of halogens is 1. The van der Waals surface area contributed by atoms with Crippen molar-refractivity contribution in [3.63, 3.8) is 0 Å². The number of hydrogen-bond donors (Lipinski definition) is 1. The molecule has 1 aromatic heterocycles. The largest absolute Gasteiger partial charge is 0.325 e. The molecular weight excluding hydrogens is 396 g/mol. The minimum absolute atomic E-state index is 0.161. The molecule has 0 aliphatic carbocycles. The van der Waals surface area contributed by atoms with Gasteiger partial charge < -0.3 is 5.32 Å². The van der Waals surface area contributed by atoms with Crippen molar-refractivity contribution in [2.75, 3.05) is 18.4 Å². The van der Waals surface area contributed by atoms with Crippen molar-refractivity contribution < 1.29 is 0 Å². The smallest absolute Gasteiger partial charge is 0.267 e. The molecule has 3 aromatic carbocycles. The number of nitrogens with one attached hydrogen (secondary N) is 1. The molecule has 1 fully saturated rings. The van der Waals surface area contributed by atoms with Gasteiger partial charge in [-0.2, -0.15) is 0 Å². The number of hydrogen-bond acceptors (Lipinski definition) is 4. The number of fused-ring (bicyclic) bond motifs is 1. The summed E-state index contributed by atoms with van der Waals surface area (Å²) in [4.78, 5) is 20.5. The lowest BCUT2D eigenvalue weighted by molar-refractivity contribution is 0.172. The summed E-state index contributed by atoms with van der Waals surface area (Å²) in [5, 5.41) is 4.33. The molecule has 0 saturated carbocycles. The van der Waals surface area contributed by atoms with Crippen LogP contribution in [0.4, 0.5) is 11.6 Å². The second kappa shape index (κ2) is 7.94. The normalized spacial score (nSPS) is 13.9. The van der Waals surface area contributed by atoms with Gasteiger partial charge in [0.1, 0.15) is 0 Å². The number of para-hydroxylation sites is 1. The number of likely N-dealkylation sites (tertiary alicyclic amines) is 1. The van der Waals surface area contributed by atoms with Gasteiger partial charge in [0, 0.05) is 17.3 Å². The number of nitrogens with zero attached hydrogens (tertiary/aromatic N) is 3. The summed E-state index contributed by atoms with van der Waals surface area (Å²) in [7, 11) is 0. The molecule has 1 N–H and O–H groups in total. The van der Waals surface area contributed by atoms with Gasteiger partial charge in [-0.1, -0.05) is 41.9 Å². The van der Waals surface area contributed by atoms with Crippen LogP contribution in [-0.2, 0) is 6.54 Å². The molecule has 4 aromatic rings. The van der Waals surface area contributed by atoms with Crippen LogP contribution < -0.4 is 10.9 Å². The lowest BCUT2D eigenvalue weighted by Gasteiger charge is -2.30. The molecule has 6 heteroatoms. The molecule has 30 heavy (non-hydrogen) atoms. The zero-order chi connectivity index (χ0) is 20.5. The fourth-order valence-electron chi connectivity index (χ4n) is 3.68. The van der Waals surface area contributed by atoms with Gasteiger partial charge in [-0.15, -0.1) is 0 Å². The second-order valence-electron chi connectivity index (χ2n) is 7.52. The third kappa shape index (κ3) is 3.70. The molecule has 1 saturated heterocycles. The zero-order valence-corrected chi connectivity index (χ0v) is 17.1. The van der Waals surface area contributed by atoms with Crippen molar-refractivity contribution in [1.29, 1.82) is 0 Å². The Bertz CT molecular complexity index is 1250. The van der Waals surface area contributed by atoms with Crippen LogP contribution >= 0.6 is 11.6 Å². The van der Waals surface area contributed by atoms with Crippen molar-refractivity contribution >= 4 is 34.1 Å². The van der Waals surface area contributed by atoms with Crippen molar-refractivity contribution in [2.24, 2.45) is 0 Å². The molecule has 0 amide bonds. The zero-order valence-electron chi connectivity index (χ0n) is 16.4. The summed E-state index contributed by atoms with van der Waals surface area (Å²) < 4.78 is 1.59. The summed E-state index contributed by atoms with van der Waals surface area (Å²) in [5.41, 5.74) is 3.35. The third-order valence-electron chi connectivity index (χ3n) is 5.41. The lowest BCUT2D eigenvalue weighted by atomic mass is 10.1. The van der Waals surface area contributed by atoms with Crippen LogP contribution in [0.2, 0.25) is 5.02 Å². The Morgan fingerprint density at radius 1 is 0.967 bits per heavy atom. The van der Waals surface area contributed by atoms with Gasteiger partial charge >= 0.3 is 0 Å². The highest BCUT2D eigenvalue weighted by Crippen LogP contribution is 2.23. The van der Waals surface area contributed by atoms with E-state index in [1.165, 1.54) is 25.1 Å². The molecule has 5 nitrogen and oxygen atoms in total. The van der Waals surface area contributed by atoms with Gasteiger partial charge in [0.2, 0.25) is 5.95 Å². The van der Waals surface area contributed by atoms with E-state index in [4.69, 9.17) is 16.6 Å². The minimum atomic E-state index is -0.161. The molecule has 0 unspecified atom stereocenters. The number of rotatable bonds is 5. The molecule has 150 valence electrons. The van der Waals surface area contributed by atoms with E-state index in [1.807, 2.05) is 42.5 Å². The Morgan fingerprint density at radius 3 is 2.43 bits per heavy atom. The number of benzene rings is 3. The van der Waals surface area contributed by atoms with Crippen molar-refractivity contribution in [3.05, 3.63) is 93.7 Å². The van der Waals surface area contributed by atoms with Gasteiger partial charge in [-0.05, 0) is 67.5 Å². The highest BCUT2D eigenvalue weighted by molar-refractivity contribution is 6.31. The Morgan fingerprint density at radius 2 is 1.73 bits per heavy atom. The van der Waals surface area contributed by atoms with Gasteiger partial charge in [0.05, 0.1) is 16.6 Å². The van der Waals surface area contributed by atoms with E-state index in [2.05, 4.69) is 22.3 Å². The van der Waals surface area contributed by atoms with E-state index < -0.39 is 0 Å². The first-order valence-corrected chi connectivity index (χ1v) is 10.4. The van der Waals surface area contributed by atoms with E-state index in [0.29, 0.717) is 21.9 Å². The molecule has 1 aliphatic heterocycles. The molecule has 0 atom stereocenters. The maximum absolute atomic E-state index is 13.3. The van der Waals surface area contributed by atoms with Crippen LogP contribution in [0.25, 0.3) is 16.6 Å². The molecule has 0 radical (unpaired) electrons. The maximum atomic E-state index is 13.3. The molecule has 0 spiro atoms. The fraction of sp³-hybridized carbons (Fsp3) is 0.167. The summed E-state index contributed by atoms with van der Waals surface area (Å²) in [5.74, 6) is 0.469. The van der Waals surface area contributed by atoms with Crippen LogP contribution in [0.1, 0.15) is 12.0 Å². The van der Waals surface area contributed by atoms with Crippen molar-refractivity contribution in [1.82, 2.24) is 14.5 Å². The van der Waals surface area contributed by atoms with E-state index >= 15 is 0 Å². The molecule has 0 bridgehead atoms. The lowest BCUT2D eigenvalue weighted by Crippen LogP contribution is -2.36. The van der Waals surface area contributed by atoms with Crippen molar-refractivity contribution in [3.8, 4) is 5.69 Å². The van der Waals surface area contributed by atoms with Crippen LogP contribution in [0.3, 0.4) is 0 Å². The van der Waals surface area contributed by atoms with Gasteiger partial charge in [0.25, 0.3) is 5.56 Å². The quantitative estimate of drug-likeness (QED) is 0.498. The first kappa shape index (κ1) is 18.9. The summed E-state index contributed by atoms with van der Waals surface area (Å²) in [6.45, 7) is 3.33. The third-order valence-corrected chi connectivity index (χ3v) is 5.64. The highest BCUT2D eigenvalue weighted by Gasteiger charge is 2.15. The van der Waals surface area contributed by atoms with Gasteiger partial charge in [-0.25, -0.2) is 9.55 Å². The monoisotopic (exact) mass is 416 g/mol. The molecule has 1 aliphatic rings. The average molecular weight is 417 g/mol. The van der Waals surface area contributed by atoms with Crippen LogP contribution in [-0.4, -0.2) is 27.5 Å². The Hall–Kier alpha value is -3.15. The van der Waals surface area contributed by atoms with Gasteiger partial charge in [-0.3, -0.25) is 9.69 Å². The Labute approximate surface area is 179 Å². The van der Waals surface area contributed by atoms with Crippen LogP contribution in [0.5, 0.6) is 0 Å². The number of anilines is 2. The van der Waals surface area contributed by atoms with Gasteiger partial charge in [0.15, 0.2) is 0 Å². The highest BCUT2D eigenvalue weighted by atomic mass is 35.5. The molecule has 5 rings (SSSR count). The summed E-state index contributed by atoms with van der Waals surface area (Å²) in [6, 6.07) is 23.0. The fourth-order valence-corrected chi connectivity index (χ4v) is 3.85. The average Bonchev–Trinajstić information content (AvgIpc) is 2.73. The van der Waals surface area contributed by atoms with Crippen molar-refractivity contribution in [2.45, 2.75) is 13.0 Å². The van der Waals surface area contributed by atoms with E-state index in [-0.39, 0.29) is 5.56 Å². The van der Waals surface area contributed by atoms with Crippen LogP contribution in [0.15, 0.2) is 77.6 Å². The molecule has 2 heterocycles. The van der Waals surface area contributed by atoms with Crippen LogP contribution in [0, 0.1) is 0 Å². The number of aromatic nitrogens is 2. The molecular formula is C24H21ClN4O. The topological polar surface area (TPSA) is 50.2 Å². The SMILES string of the molecule is O=c1c2cc(Cl)ccc2nc(Nc2ccc(CN3CCC3)cc2)n1-c1ccccc1. The first-order chi connectivity index (χ1) is 14.7. The second-order valence-corrected chi connectivity index (χ2v) is 7.96. The van der Waals surface area contributed by atoms with E-state index in [1.54, 1.807) is 22.8 Å². The minimum Gasteiger partial charge on any atom is -0.325 e. The standard InChI is InChI=1S/C24H21ClN4O/c25-18-9-12-22-21(15-18)23(30)29(20-5-2-1-3-6-20)24(27-22)26-19-10-7-17(8-11-19)16-28-13-4-14-28/h1-3,5-12,15H,4,13-14,16H2,(H,26,27). The van der Waals surface area contributed by atoms with E-state index in [0.717, 1.165) is 17.9 Å². The maximum Gasteiger partial charge on any atom is 0.267 e. The predicted octanol–water partition coefficient (Wildman–Crippen LogP) is 4.99. The summed E-state index contributed by atoms with van der Waals surface area (Å²) in [6.07, 6.45) is 1.29. The Balaban J connectivity index is 1.55.